The third kappa shape index (κ3) is 38.8. The van der Waals surface area contributed by atoms with E-state index in [1.165, 1.54) is 38.5 Å². The van der Waals surface area contributed by atoms with E-state index in [1.807, 2.05) is 18.2 Å². The molecule has 0 aromatic carbocycles. The molecule has 0 spiro atoms. The van der Waals surface area contributed by atoms with Crippen LogP contribution in [-0.2, 0) is 42.9 Å². The van der Waals surface area contributed by atoms with Gasteiger partial charge in [0.15, 0.2) is 24.6 Å². The van der Waals surface area contributed by atoms with E-state index >= 15 is 0 Å². The number of carboxylic acid groups (broad SMARTS) is 1. The van der Waals surface area contributed by atoms with Crippen LogP contribution in [0.1, 0.15) is 213 Å². The van der Waals surface area contributed by atoms with Crippen LogP contribution in [-0.4, -0.2) is 89.2 Å². The van der Waals surface area contributed by atoms with E-state index in [-0.39, 0.29) is 25.9 Å². The Labute approximate surface area is 441 Å². The van der Waals surface area contributed by atoms with E-state index in [1.54, 1.807) is 0 Å². The predicted molar refractivity (Wildman–Crippen MR) is 294 cm³/mol. The molecule has 12 heteroatoms. The highest BCUT2D eigenvalue weighted by Crippen LogP contribution is 2.26. The molecule has 0 aromatic heterocycles. The second-order valence-electron chi connectivity index (χ2n) is 18.8. The van der Waals surface area contributed by atoms with Gasteiger partial charge in [0.1, 0.15) is 18.8 Å². The molecular weight excluding hydrogens is 925 g/mol. The Bertz CT molecular complexity index is 1640. The summed E-state index contributed by atoms with van der Waals surface area (Å²) < 4.78 is 28.3. The summed E-state index contributed by atoms with van der Waals surface area (Å²) in [4.78, 5) is 51.0. The number of allylic oxidation sites excluding steroid dienone is 16. The second kappa shape index (κ2) is 48.6. The molecule has 1 aliphatic rings. The van der Waals surface area contributed by atoms with Crippen LogP contribution in [0.15, 0.2) is 97.2 Å². The molecule has 414 valence electrons. The van der Waals surface area contributed by atoms with Crippen LogP contribution in [0.4, 0.5) is 0 Å². The topological polar surface area (TPSA) is 175 Å². The maximum Gasteiger partial charge on any atom is 0.335 e. The van der Waals surface area contributed by atoms with E-state index in [0.29, 0.717) is 25.7 Å². The van der Waals surface area contributed by atoms with Gasteiger partial charge in [-0.2, -0.15) is 0 Å². The van der Waals surface area contributed by atoms with Crippen LogP contribution in [0.25, 0.3) is 0 Å². The fourth-order valence-electron chi connectivity index (χ4n) is 7.80. The zero-order valence-electron chi connectivity index (χ0n) is 45.3. The number of aliphatic hydroxyl groups excluding tert-OH is 2. The van der Waals surface area contributed by atoms with E-state index in [9.17, 15) is 34.5 Å². The number of rotatable bonds is 46. The number of carbonyl (C=O) groups is 4. The van der Waals surface area contributed by atoms with Crippen molar-refractivity contribution in [3.05, 3.63) is 97.2 Å². The Morgan fingerprint density at radius 2 is 0.918 bits per heavy atom. The molecule has 1 rings (SSSR count). The molecule has 1 fully saturated rings. The van der Waals surface area contributed by atoms with Crippen LogP contribution in [0, 0.1) is 0 Å². The van der Waals surface area contributed by atoms with Crippen molar-refractivity contribution in [2.24, 2.45) is 0 Å². The van der Waals surface area contributed by atoms with E-state index in [2.05, 4.69) is 99.8 Å². The third-order valence-corrected chi connectivity index (χ3v) is 12.1. The van der Waals surface area contributed by atoms with Gasteiger partial charge >= 0.3 is 23.9 Å². The van der Waals surface area contributed by atoms with Gasteiger partial charge in [-0.3, -0.25) is 14.4 Å². The monoisotopic (exact) mass is 1020 g/mol. The second-order valence-corrected chi connectivity index (χ2v) is 18.8. The van der Waals surface area contributed by atoms with Crippen molar-refractivity contribution >= 4 is 23.9 Å². The van der Waals surface area contributed by atoms with Crippen molar-refractivity contribution in [1.29, 1.82) is 0 Å². The lowest BCUT2D eigenvalue weighted by atomic mass is 9.98. The molecule has 1 saturated heterocycles. The van der Waals surface area contributed by atoms with Crippen LogP contribution < -0.4 is 0 Å². The van der Waals surface area contributed by atoms with Crippen LogP contribution >= 0.6 is 0 Å². The van der Waals surface area contributed by atoms with Gasteiger partial charge in [-0.05, 0) is 103 Å². The molecule has 3 N–H and O–H groups in total. The molecule has 6 unspecified atom stereocenters. The van der Waals surface area contributed by atoms with Crippen LogP contribution in [0.5, 0.6) is 0 Å². The first kappa shape index (κ1) is 66.7. The summed E-state index contributed by atoms with van der Waals surface area (Å²) in [6, 6.07) is 0. The number of aliphatic carboxylic acids is 1. The largest absolute Gasteiger partial charge is 0.479 e. The highest BCUT2D eigenvalue weighted by atomic mass is 16.7. The predicted octanol–water partition coefficient (Wildman–Crippen LogP) is 14.1. The highest BCUT2D eigenvalue weighted by Gasteiger charge is 2.50. The van der Waals surface area contributed by atoms with Gasteiger partial charge in [0.25, 0.3) is 0 Å². The third-order valence-electron chi connectivity index (χ3n) is 12.1. The maximum absolute atomic E-state index is 13.1. The summed E-state index contributed by atoms with van der Waals surface area (Å²) in [7, 11) is 0. The summed E-state index contributed by atoms with van der Waals surface area (Å²) in [5.74, 6) is -3.27. The Balaban J connectivity index is 2.75. The average Bonchev–Trinajstić information content (AvgIpc) is 3.37. The SMILES string of the molecule is CC/C=C\C/C=C\C/C=C\C/C=C\CCC(=O)OC1C(OCC(COC(=O)CCCCCCCCC/C=C\C/C=C\CCCCC)OC(=O)CCCCCCC/C=C\C/C=C\CCC)OC(C(=O)O)C(O)C1O. The summed E-state index contributed by atoms with van der Waals surface area (Å²) in [5, 5.41) is 31.4. The lowest BCUT2D eigenvalue weighted by Gasteiger charge is -2.40. The number of hydrogen-bond acceptors (Lipinski definition) is 11. The van der Waals surface area contributed by atoms with E-state index in [4.69, 9.17) is 23.7 Å². The summed E-state index contributed by atoms with van der Waals surface area (Å²) >= 11 is 0. The Hall–Kier alpha value is -4.36. The maximum atomic E-state index is 13.1. The number of unbranched alkanes of at least 4 members (excludes halogenated alkanes) is 16. The van der Waals surface area contributed by atoms with Crippen molar-refractivity contribution in [2.45, 2.75) is 250 Å². The van der Waals surface area contributed by atoms with E-state index in [0.717, 1.165) is 109 Å². The minimum Gasteiger partial charge on any atom is -0.479 e. The summed E-state index contributed by atoms with van der Waals surface area (Å²) in [6.45, 7) is 5.71. The molecular formula is C61H98O12. The van der Waals surface area contributed by atoms with Crippen LogP contribution in [0.2, 0.25) is 0 Å². The van der Waals surface area contributed by atoms with Gasteiger partial charge in [-0.15, -0.1) is 0 Å². The fourth-order valence-corrected chi connectivity index (χ4v) is 7.80. The number of esters is 3. The normalized spacial score (nSPS) is 19.1. The molecule has 0 aromatic rings. The van der Waals surface area contributed by atoms with Gasteiger partial charge in [0.2, 0.25) is 0 Å². The zero-order chi connectivity index (χ0) is 53.3. The Morgan fingerprint density at radius 3 is 1.42 bits per heavy atom. The number of carbonyl (C=O) groups excluding carboxylic acids is 3. The minimum absolute atomic E-state index is 0.0670. The number of ether oxygens (including phenoxy) is 5. The Morgan fingerprint density at radius 1 is 0.466 bits per heavy atom. The quantitative estimate of drug-likeness (QED) is 0.0228. The first-order valence-electron chi connectivity index (χ1n) is 28.2. The lowest BCUT2D eigenvalue weighted by Crippen LogP contribution is -2.61. The first-order chi connectivity index (χ1) is 35.6. The summed E-state index contributed by atoms with van der Waals surface area (Å²) in [6.07, 6.45) is 51.1. The van der Waals surface area contributed by atoms with Crippen molar-refractivity contribution in [2.75, 3.05) is 13.2 Å². The standard InChI is InChI=1S/C61H98O12/c1-4-7-10-13-16-19-22-25-26-27-28-31-32-35-38-41-44-47-53(62)69-50-52(71-54(63)48-45-42-39-36-33-29-23-20-17-14-11-8-5-2)51-70-61-59(57(66)56(65)58(73-61)60(67)68)72-55(64)49-46-43-40-37-34-30-24-21-18-15-12-9-6-3/h9,11-12,14,16,18-21,23,25-26,30,34,40,43,52,56-59,61,65-66H,4-8,10,13,15,17,22,24,27-29,31-33,35-39,41-42,44-51H2,1-3H3,(H,67,68)/b12-9-,14-11-,19-16-,21-18-,23-20-,26-25-,34-30-,43-40-. The van der Waals surface area contributed by atoms with Gasteiger partial charge in [-0.1, -0.05) is 189 Å². The molecule has 1 heterocycles. The smallest absolute Gasteiger partial charge is 0.335 e. The summed E-state index contributed by atoms with van der Waals surface area (Å²) in [5.41, 5.74) is 0. The fraction of sp³-hybridized carbons (Fsp3) is 0.672. The van der Waals surface area contributed by atoms with Crippen molar-refractivity contribution < 1.29 is 58.2 Å². The van der Waals surface area contributed by atoms with Crippen LogP contribution in [0.3, 0.4) is 0 Å². The molecule has 12 nitrogen and oxygen atoms in total. The van der Waals surface area contributed by atoms with Gasteiger partial charge in [0.05, 0.1) is 6.61 Å². The molecule has 6 atom stereocenters. The minimum atomic E-state index is -1.93. The van der Waals surface area contributed by atoms with Gasteiger partial charge in [0, 0.05) is 19.3 Å². The van der Waals surface area contributed by atoms with Gasteiger partial charge in [-0.25, -0.2) is 4.79 Å². The number of carboxylic acids is 1. The molecule has 73 heavy (non-hydrogen) atoms. The molecule has 0 amide bonds. The number of hydrogen-bond donors (Lipinski definition) is 3. The van der Waals surface area contributed by atoms with Crippen molar-refractivity contribution in [1.82, 2.24) is 0 Å². The molecule has 0 bridgehead atoms. The van der Waals surface area contributed by atoms with Gasteiger partial charge < -0.3 is 39.0 Å². The molecule has 0 aliphatic carbocycles. The first-order valence-corrected chi connectivity index (χ1v) is 28.2. The lowest BCUT2D eigenvalue weighted by molar-refractivity contribution is -0.301. The number of aliphatic hydroxyl groups is 2. The highest BCUT2D eigenvalue weighted by molar-refractivity contribution is 5.74. The molecule has 1 aliphatic heterocycles. The Kier molecular flexibility index (Phi) is 44.4. The molecule has 0 saturated carbocycles. The van der Waals surface area contributed by atoms with Crippen molar-refractivity contribution in [3.8, 4) is 0 Å². The van der Waals surface area contributed by atoms with E-state index < -0.39 is 67.3 Å². The van der Waals surface area contributed by atoms with Crippen molar-refractivity contribution in [3.63, 3.8) is 0 Å². The average molecular weight is 1020 g/mol. The zero-order valence-corrected chi connectivity index (χ0v) is 45.3. The molecule has 0 radical (unpaired) electrons.